The van der Waals surface area contributed by atoms with E-state index in [-0.39, 0.29) is 17.4 Å². The highest BCUT2D eigenvalue weighted by Gasteiger charge is 2.37. The Morgan fingerprint density at radius 1 is 1.61 bits per heavy atom. The van der Waals surface area contributed by atoms with Crippen molar-refractivity contribution in [2.24, 2.45) is 5.41 Å². The maximum absolute atomic E-state index is 12.3. The van der Waals surface area contributed by atoms with Crippen molar-refractivity contribution in [3.05, 3.63) is 11.8 Å². The second-order valence-electron chi connectivity index (χ2n) is 5.60. The molecular weight excluding hydrogens is 228 g/mol. The molecule has 1 atom stereocenters. The summed E-state index contributed by atoms with van der Waals surface area (Å²) in [6.45, 7) is 7.21. The van der Waals surface area contributed by atoms with Gasteiger partial charge in [0.2, 0.25) is 5.91 Å². The summed E-state index contributed by atoms with van der Waals surface area (Å²) in [6, 6.07) is 1.74. The number of carbonyl (C=O) groups excluding carboxylic acids is 1. The first-order valence-electron chi connectivity index (χ1n) is 6.61. The average Bonchev–Trinajstić information content (AvgIpc) is 2.76. The van der Waals surface area contributed by atoms with E-state index in [4.69, 9.17) is 0 Å². The number of H-pyrrole nitrogens is 1. The van der Waals surface area contributed by atoms with E-state index in [0.717, 1.165) is 31.5 Å². The number of aryl methyl sites for hydroxylation is 1. The number of rotatable bonds is 3. The lowest BCUT2D eigenvalue weighted by Crippen LogP contribution is -2.53. The van der Waals surface area contributed by atoms with E-state index in [1.165, 1.54) is 0 Å². The second-order valence-corrected chi connectivity index (χ2v) is 5.60. The molecule has 100 valence electrons. The molecular formula is C13H22N4O. The summed E-state index contributed by atoms with van der Waals surface area (Å²) in [4.78, 5) is 12.3. The standard InChI is InChI=1S/C13H22N4O/c1-4-9-8-10(17-16-9)15-12(18)11-13(2,3)6-5-7-14-11/h8,11,14H,4-7H2,1-3H3,(H2,15,16,17,18). The quantitative estimate of drug-likeness (QED) is 0.764. The van der Waals surface area contributed by atoms with Crippen LogP contribution < -0.4 is 10.6 Å². The van der Waals surface area contributed by atoms with Crippen molar-refractivity contribution in [1.29, 1.82) is 0 Å². The Hall–Kier alpha value is -1.36. The molecule has 1 amide bonds. The van der Waals surface area contributed by atoms with Crippen molar-refractivity contribution in [2.75, 3.05) is 11.9 Å². The number of aromatic nitrogens is 2. The van der Waals surface area contributed by atoms with Crippen LogP contribution in [0.2, 0.25) is 0 Å². The number of aromatic amines is 1. The molecule has 0 radical (unpaired) electrons. The fourth-order valence-corrected chi connectivity index (χ4v) is 2.46. The van der Waals surface area contributed by atoms with Crippen molar-refractivity contribution in [3.8, 4) is 0 Å². The van der Waals surface area contributed by atoms with Crippen molar-refractivity contribution in [3.63, 3.8) is 0 Å². The van der Waals surface area contributed by atoms with E-state index < -0.39 is 0 Å². The lowest BCUT2D eigenvalue weighted by atomic mass is 9.77. The smallest absolute Gasteiger partial charge is 0.243 e. The summed E-state index contributed by atoms with van der Waals surface area (Å²) in [6.07, 6.45) is 3.08. The molecule has 0 bridgehead atoms. The van der Waals surface area contributed by atoms with Gasteiger partial charge in [-0.1, -0.05) is 20.8 Å². The van der Waals surface area contributed by atoms with Crippen molar-refractivity contribution in [2.45, 2.75) is 46.1 Å². The van der Waals surface area contributed by atoms with Crippen LogP contribution in [0.4, 0.5) is 5.82 Å². The van der Waals surface area contributed by atoms with Gasteiger partial charge in [-0.25, -0.2) is 0 Å². The topological polar surface area (TPSA) is 69.8 Å². The molecule has 2 heterocycles. The largest absolute Gasteiger partial charge is 0.308 e. The van der Waals surface area contributed by atoms with Crippen LogP contribution in [-0.2, 0) is 11.2 Å². The average molecular weight is 250 g/mol. The third-order valence-corrected chi connectivity index (χ3v) is 3.65. The molecule has 1 aliphatic heterocycles. The minimum absolute atomic E-state index is 0.00771. The summed E-state index contributed by atoms with van der Waals surface area (Å²) < 4.78 is 0. The van der Waals surface area contributed by atoms with Crippen LogP contribution in [0.25, 0.3) is 0 Å². The molecule has 1 aromatic rings. The van der Waals surface area contributed by atoms with Crippen molar-refractivity contribution in [1.82, 2.24) is 15.5 Å². The Morgan fingerprint density at radius 2 is 2.39 bits per heavy atom. The molecule has 1 saturated heterocycles. The Balaban J connectivity index is 2.02. The van der Waals surface area contributed by atoms with Crippen LogP contribution in [0.3, 0.4) is 0 Å². The number of hydrogen-bond acceptors (Lipinski definition) is 3. The SMILES string of the molecule is CCc1cc(NC(=O)C2NCCCC2(C)C)n[nH]1. The predicted octanol–water partition coefficient (Wildman–Crippen LogP) is 1.69. The first-order chi connectivity index (χ1) is 8.53. The molecule has 0 aliphatic carbocycles. The monoisotopic (exact) mass is 250 g/mol. The van der Waals surface area contributed by atoms with E-state index >= 15 is 0 Å². The number of anilines is 1. The van der Waals surface area contributed by atoms with Gasteiger partial charge in [-0.15, -0.1) is 0 Å². The van der Waals surface area contributed by atoms with Crippen molar-refractivity contribution < 1.29 is 4.79 Å². The lowest BCUT2D eigenvalue weighted by molar-refractivity contribution is -0.121. The van der Waals surface area contributed by atoms with E-state index in [0.29, 0.717) is 5.82 Å². The molecule has 0 aromatic carbocycles. The van der Waals surface area contributed by atoms with Crippen LogP contribution >= 0.6 is 0 Å². The first-order valence-corrected chi connectivity index (χ1v) is 6.61. The van der Waals surface area contributed by atoms with E-state index in [9.17, 15) is 4.79 Å². The number of nitrogens with zero attached hydrogens (tertiary/aromatic N) is 1. The van der Waals surface area contributed by atoms with Gasteiger partial charge < -0.3 is 10.6 Å². The number of hydrogen-bond donors (Lipinski definition) is 3. The molecule has 18 heavy (non-hydrogen) atoms. The number of carbonyl (C=O) groups is 1. The lowest BCUT2D eigenvalue weighted by Gasteiger charge is -2.38. The van der Waals surface area contributed by atoms with Gasteiger partial charge in [-0.3, -0.25) is 9.89 Å². The molecule has 5 nitrogen and oxygen atoms in total. The van der Waals surface area contributed by atoms with Crippen LogP contribution in [-0.4, -0.2) is 28.7 Å². The van der Waals surface area contributed by atoms with Gasteiger partial charge in [0.1, 0.15) is 0 Å². The maximum Gasteiger partial charge on any atom is 0.243 e. The summed E-state index contributed by atoms with van der Waals surface area (Å²) in [7, 11) is 0. The predicted molar refractivity (Wildman–Crippen MR) is 71.4 cm³/mol. The number of piperidine rings is 1. The minimum Gasteiger partial charge on any atom is -0.308 e. The fraction of sp³-hybridized carbons (Fsp3) is 0.692. The van der Waals surface area contributed by atoms with Gasteiger partial charge in [-0.05, 0) is 31.2 Å². The van der Waals surface area contributed by atoms with Gasteiger partial charge in [0, 0.05) is 11.8 Å². The van der Waals surface area contributed by atoms with Gasteiger partial charge in [0.05, 0.1) is 6.04 Å². The van der Waals surface area contributed by atoms with Gasteiger partial charge in [-0.2, -0.15) is 5.10 Å². The minimum atomic E-state index is -0.145. The fourth-order valence-electron chi connectivity index (χ4n) is 2.46. The summed E-state index contributed by atoms with van der Waals surface area (Å²) in [5.74, 6) is 0.619. The van der Waals surface area contributed by atoms with E-state index in [1.807, 2.05) is 13.0 Å². The number of nitrogens with one attached hydrogen (secondary N) is 3. The van der Waals surface area contributed by atoms with Gasteiger partial charge >= 0.3 is 0 Å². The highest BCUT2D eigenvalue weighted by molar-refractivity contribution is 5.94. The summed E-state index contributed by atoms with van der Waals surface area (Å²) in [5, 5.41) is 13.2. The molecule has 2 rings (SSSR count). The van der Waals surface area contributed by atoms with Gasteiger partial charge in [0.25, 0.3) is 0 Å². The zero-order valence-corrected chi connectivity index (χ0v) is 11.3. The zero-order valence-electron chi connectivity index (χ0n) is 11.3. The van der Waals surface area contributed by atoms with E-state index in [1.54, 1.807) is 0 Å². The zero-order chi connectivity index (χ0) is 13.2. The molecule has 0 saturated carbocycles. The first kappa shape index (κ1) is 13.1. The van der Waals surface area contributed by atoms with Gasteiger partial charge in [0.15, 0.2) is 5.82 Å². The molecule has 1 fully saturated rings. The maximum atomic E-state index is 12.3. The third kappa shape index (κ3) is 2.72. The Morgan fingerprint density at radius 3 is 3.00 bits per heavy atom. The molecule has 1 unspecified atom stereocenters. The Bertz CT molecular complexity index is 424. The molecule has 5 heteroatoms. The van der Waals surface area contributed by atoms with Crippen LogP contribution in [0, 0.1) is 5.41 Å². The molecule has 1 aliphatic rings. The summed E-state index contributed by atoms with van der Waals surface area (Å²) >= 11 is 0. The van der Waals surface area contributed by atoms with Crippen LogP contribution in [0.15, 0.2) is 6.07 Å². The normalized spacial score (nSPS) is 22.7. The Kier molecular flexibility index (Phi) is 3.71. The molecule has 3 N–H and O–H groups in total. The highest BCUT2D eigenvalue weighted by atomic mass is 16.2. The number of amides is 1. The van der Waals surface area contributed by atoms with Crippen LogP contribution in [0.5, 0.6) is 0 Å². The molecule has 0 spiro atoms. The van der Waals surface area contributed by atoms with Crippen molar-refractivity contribution >= 4 is 11.7 Å². The molecule has 1 aromatic heterocycles. The van der Waals surface area contributed by atoms with E-state index in [2.05, 4.69) is 34.7 Å². The third-order valence-electron chi connectivity index (χ3n) is 3.65. The second kappa shape index (κ2) is 5.10. The highest BCUT2D eigenvalue weighted by Crippen LogP contribution is 2.30. The summed E-state index contributed by atoms with van der Waals surface area (Å²) in [5.41, 5.74) is 1.02. The van der Waals surface area contributed by atoms with Crippen LogP contribution in [0.1, 0.15) is 39.3 Å². The Labute approximate surface area is 108 Å².